The van der Waals surface area contributed by atoms with Crippen LogP contribution in [0.5, 0.6) is 0 Å². The molecule has 1 aliphatic heterocycles. The van der Waals surface area contributed by atoms with Gasteiger partial charge in [-0.05, 0) is 24.3 Å². The number of rotatable bonds is 4. The van der Waals surface area contributed by atoms with E-state index in [4.69, 9.17) is 16.1 Å². The number of amides is 2. The minimum atomic E-state index is -0.361. The maximum absolute atomic E-state index is 12.1. The van der Waals surface area contributed by atoms with Crippen molar-refractivity contribution in [3.05, 3.63) is 35.2 Å². The van der Waals surface area contributed by atoms with E-state index in [0.29, 0.717) is 23.0 Å². The van der Waals surface area contributed by atoms with Crippen molar-refractivity contribution in [1.29, 1.82) is 0 Å². The summed E-state index contributed by atoms with van der Waals surface area (Å²) in [4.78, 5) is 27.6. The van der Waals surface area contributed by atoms with Gasteiger partial charge in [0.15, 0.2) is 0 Å². The molecule has 0 unspecified atom stereocenters. The topological polar surface area (TPSA) is 101 Å². The Bertz CT molecular complexity index is 800. The first kappa shape index (κ1) is 16.1. The van der Waals surface area contributed by atoms with E-state index in [9.17, 15) is 9.59 Å². The second-order valence-corrected chi connectivity index (χ2v) is 5.60. The average Bonchev–Trinajstić information content (AvgIpc) is 3.05. The molecule has 8 nitrogen and oxygen atoms in total. The Balaban J connectivity index is 1.61. The van der Waals surface area contributed by atoms with Gasteiger partial charge < -0.3 is 9.84 Å². The first-order chi connectivity index (χ1) is 11.5. The van der Waals surface area contributed by atoms with Gasteiger partial charge in [0.25, 0.3) is 5.91 Å². The van der Waals surface area contributed by atoms with Crippen LogP contribution in [0.2, 0.25) is 5.02 Å². The Kier molecular flexibility index (Phi) is 4.57. The number of halogens is 1. The highest BCUT2D eigenvalue weighted by Crippen LogP contribution is 2.18. The minimum Gasteiger partial charge on any atom is -0.342 e. The van der Waals surface area contributed by atoms with E-state index in [2.05, 4.69) is 20.6 Å². The first-order valence-corrected chi connectivity index (χ1v) is 7.61. The summed E-state index contributed by atoms with van der Waals surface area (Å²) >= 11 is 5.83. The SMILES string of the molecule is CN1N=C(C(=O)NCc2nc(-c3ccc(Cl)cc3)no2)CCC1=O. The number of nitrogens with zero attached hydrogens (tertiary/aromatic N) is 4. The second kappa shape index (κ2) is 6.79. The van der Waals surface area contributed by atoms with Crippen LogP contribution in [0.15, 0.2) is 33.9 Å². The molecule has 1 aromatic carbocycles. The fourth-order valence-electron chi connectivity index (χ4n) is 2.13. The van der Waals surface area contributed by atoms with Gasteiger partial charge in [0.2, 0.25) is 17.6 Å². The van der Waals surface area contributed by atoms with E-state index >= 15 is 0 Å². The molecule has 1 aliphatic rings. The van der Waals surface area contributed by atoms with Crippen LogP contribution in [-0.4, -0.2) is 39.7 Å². The minimum absolute atomic E-state index is 0.0795. The van der Waals surface area contributed by atoms with Crippen LogP contribution in [0.3, 0.4) is 0 Å². The van der Waals surface area contributed by atoms with E-state index in [-0.39, 0.29) is 30.7 Å². The lowest BCUT2D eigenvalue weighted by molar-refractivity contribution is -0.130. The molecule has 3 rings (SSSR count). The third-order valence-electron chi connectivity index (χ3n) is 3.44. The molecule has 0 fully saturated rings. The molecule has 0 saturated heterocycles. The molecule has 9 heteroatoms. The molecule has 0 atom stereocenters. The van der Waals surface area contributed by atoms with Crippen LogP contribution >= 0.6 is 11.6 Å². The number of hydrogen-bond donors (Lipinski definition) is 1. The molecule has 24 heavy (non-hydrogen) atoms. The van der Waals surface area contributed by atoms with Crippen LogP contribution in [0, 0.1) is 0 Å². The number of carbonyl (C=O) groups is 2. The van der Waals surface area contributed by atoms with E-state index in [0.717, 1.165) is 5.56 Å². The molecular weight excluding hydrogens is 334 g/mol. The molecule has 1 aromatic heterocycles. The number of nitrogens with one attached hydrogen (secondary N) is 1. The summed E-state index contributed by atoms with van der Waals surface area (Å²) in [5.74, 6) is 0.210. The molecule has 0 radical (unpaired) electrons. The van der Waals surface area contributed by atoms with Crippen molar-refractivity contribution in [2.24, 2.45) is 5.10 Å². The molecule has 0 bridgehead atoms. The van der Waals surface area contributed by atoms with E-state index in [1.165, 1.54) is 12.1 Å². The number of benzene rings is 1. The zero-order valence-corrected chi connectivity index (χ0v) is 13.6. The molecule has 0 saturated carbocycles. The molecule has 0 aliphatic carbocycles. The zero-order valence-electron chi connectivity index (χ0n) is 12.8. The zero-order chi connectivity index (χ0) is 17.1. The smallest absolute Gasteiger partial charge is 0.267 e. The van der Waals surface area contributed by atoms with Crippen molar-refractivity contribution in [2.45, 2.75) is 19.4 Å². The monoisotopic (exact) mass is 347 g/mol. The maximum Gasteiger partial charge on any atom is 0.267 e. The summed E-state index contributed by atoms with van der Waals surface area (Å²) in [5.41, 5.74) is 1.06. The molecule has 0 spiro atoms. The lowest BCUT2D eigenvalue weighted by atomic mass is 10.1. The van der Waals surface area contributed by atoms with Gasteiger partial charge in [-0.3, -0.25) is 9.59 Å². The summed E-state index contributed by atoms with van der Waals surface area (Å²) in [6.07, 6.45) is 0.582. The Morgan fingerprint density at radius 1 is 1.33 bits per heavy atom. The Hall–Kier alpha value is -2.74. The Morgan fingerprint density at radius 3 is 2.79 bits per heavy atom. The van der Waals surface area contributed by atoms with Gasteiger partial charge in [0, 0.05) is 30.5 Å². The van der Waals surface area contributed by atoms with Gasteiger partial charge in [-0.1, -0.05) is 16.8 Å². The summed E-state index contributed by atoms with van der Waals surface area (Å²) in [6.45, 7) is 0.0795. The third-order valence-corrected chi connectivity index (χ3v) is 3.69. The predicted molar refractivity (Wildman–Crippen MR) is 86.0 cm³/mol. The summed E-state index contributed by atoms with van der Waals surface area (Å²) in [6, 6.07) is 7.01. The normalized spacial score (nSPS) is 14.5. The van der Waals surface area contributed by atoms with Crippen molar-refractivity contribution in [2.75, 3.05) is 7.05 Å². The Labute approximate surface area is 142 Å². The molecule has 2 heterocycles. The highest BCUT2D eigenvalue weighted by Gasteiger charge is 2.22. The van der Waals surface area contributed by atoms with Gasteiger partial charge in [0.05, 0.1) is 6.54 Å². The third kappa shape index (κ3) is 3.60. The van der Waals surface area contributed by atoms with E-state index < -0.39 is 0 Å². The predicted octanol–water partition coefficient (Wildman–Crippen LogP) is 1.61. The van der Waals surface area contributed by atoms with E-state index in [1.54, 1.807) is 24.3 Å². The molecular formula is C15H14ClN5O3. The van der Waals surface area contributed by atoms with Gasteiger partial charge in [-0.2, -0.15) is 10.1 Å². The molecule has 2 aromatic rings. The van der Waals surface area contributed by atoms with E-state index in [1.807, 2.05) is 0 Å². The van der Waals surface area contributed by atoms with Crippen molar-refractivity contribution in [3.8, 4) is 11.4 Å². The quantitative estimate of drug-likeness (QED) is 0.905. The largest absolute Gasteiger partial charge is 0.342 e. The van der Waals surface area contributed by atoms with Crippen LogP contribution in [0.4, 0.5) is 0 Å². The first-order valence-electron chi connectivity index (χ1n) is 7.23. The second-order valence-electron chi connectivity index (χ2n) is 5.17. The van der Waals surface area contributed by atoms with Crippen LogP contribution in [-0.2, 0) is 16.1 Å². The molecule has 1 N–H and O–H groups in total. The number of hydrogen-bond acceptors (Lipinski definition) is 6. The van der Waals surface area contributed by atoms with Crippen LogP contribution in [0.1, 0.15) is 18.7 Å². The van der Waals surface area contributed by atoms with Gasteiger partial charge in [-0.15, -0.1) is 0 Å². The fourth-order valence-corrected chi connectivity index (χ4v) is 2.26. The van der Waals surface area contributed by atoms with Crippen LogP contribution in [0.25, 0.3) is 11.4 Å². The number of carbonyl (C=O) groups excluding carboxylic acids is 2. The van der Waals surface area contributed by atoms with Crippen molar-refractivity contribution in [1.82, 2.24) is 20.5 Å². The highest BCUT2D eigenvalue weighted by molar-refractivity contribution is 6.39. The van der Waals surface area contributed by atoms with Crippen molar-refractivity contribution in [3.63, 3.8) is 0 Å². The number of aromatic nitrogens is 2. The maximum atomic E-state index is 12.1. The fraction of sp³-hybridized carbons (Fsp3) is 0.267. The highest BCUT2D eigenvalue weighted by atomic mass is 35.5. The molecule has 2 amide bonds. The van der Waals surface area contributed by atoms with Crippen molar-refractivity contribution >= 4 is 29.1 Å². The lowest BCUT2D eigenvalue weighted by Crippen LogP contribution is -2.37. The van der Waals surface area contributed by atoms with Gasteiger partial charge >= 0.3 is 0 Å². The Morgan fingerprint density at radius 2 is 2.08 bits per heavy atom. The standard InChI is InChI=1S/C15H14ClN5O3/c1-21-13(22)7-6-11(19-21)15(23)17-8-12-18-14(20-24-12)9-2-4-10(16)5-3-9/h2-5H,6-8H2,1H3,(H,17,23). The number of hydrazone groups is 1. The van der Waals surface area contributed by atoms with Gasteiger partial charge in [-0.25, -0.2) is 5.01 Å². The van der Waals surface area contributed by atoms with Gasteiger partial charge in [0.1, 0.15) is 5.71 Å². The van der Waals surface area contributed by atoms with Crippen LogP contribution < -0.4 is 5.32 Å². The summed E-state index contributed by atoms with van der Waals surface area (Å²) in [5, 5.41) is 12.3. The average molecular weight is 348 g/mol. The lowest BCUT2D eigenvalue weighted by Gasteiger charge is -2.18. The summed E-state index contributed by atoms with van der Waals surface area (Å²) < 4.78 is 5.11. The van der Waals surface area contributed by atoms with Crippen molar-refractivity contribution < 1.29 is 14.1 Å². The summed E-state index contributed by atoms with van der Waals surface area (Å²) in [7, 11) is 1.52. The molecule has 124 valence electrons.